The molecular formula is C17H17NO3S. The zero-order chi connectivity index (χ0) is 15.4. The zero-order valence-corrected chi connectivity index (χ0v) is 12.9. The van der Waals surface area contributed by atoms with Gasteiger partial charge in [0.25, 0.3) is 0 Å². The number of hydrogen-bond donors (Lipinski definition) is 0. The van der Waals surface area contributed by atoms with Gasteiger partial charge >= 0.3 is 5.97 Å². The second-order valence-electron chi connectivity index (χ2n) is 5.41. The van der Waals surface area contributed by atoms with Crippen molar-refractivity contribution >= 4 is 23.2 Å². The van der Waals surface area contributed by atoms with Crippen LogP contribution in [0.25, 0.3) is 0 Å². The van der Waals surface area contributed by atoms with Crippen LogP contribution in [0, 0.1) is 5.92 Å². The van der Waals surface area contributed by atoms with Crippen molar-refractivity contribution in [1.29, 1.82) is 0 Å². The van der Waals surface area contributed by atoms with Gasteiger partial charge in [0.15, 0.2) is 0 Å². The number of carbonyl (C=O) groups excluding carboxylic acids is 2. The van der Waals surface area contributed by atoms with Gasteiger partial charge in [0, 0.05) is 25.4 Å². The fraction of sp³-hybridized carbons (Fsp3) is 0.294. The van der Waals surface area contributed by atoms with Gasteiger partial charge in [-0.15, -0.1) is 11.3 Å². The third-order valence-electron chi connectivity index (χ3n) is 3.68. The molecule has 1 amide bonds. The summed E-state index contributed by atoms with van der Waals surface area (Å²) in [5.41, 5.74) is 1.12. The number of thiophene rings is 1. The van der Waals surface area contributed by atoms with E-state index >= 15 is 0 Å². The number of ether oxygens (including phenoxy) is 1. The van der Waals surface area contributed by atoms with Crippen LogP contribution in [-0.4, -0.2) is 29.9 Å². The van der Waals surface area contributed by atoms with Gasteiger partial charge in [-0.2, -0.15) is 0 Å². The molecule has 22 heavy (non-hydrogen) atoms. The number of amides is 1. The first-order chi connectivity index (χ1) is 10.7. The summed E-state index contributed by atoms with van der Waals surface area (Å²) in [5, 5.41) is 1.84. The number of rotatable bonds is 5. The van der Waals surface area contributed by atoms with Gasteiger partial charge in [-0.1, -0.05) is 36.4 Å². The van der Waals surface area contributed by atoms with E-state index in [4.69, 9.17) is 4.74 Å². The van der Waals surface area contributed by atoms with Crippen molar-refractivity contribution in [1.82, 2.24) is 4.90 Å². The SMILES string of the molecule is O=C(OC[C@@H]1CC(=O)N(Cc2ccccc2)C1)c1cccs1. The predicted octanol–water partition coefficient (Wildman–Crippen LogP) is 2.95. The van der Waals surface area contributed by atoms with Crippen LogP contribution in [0.15, 0.2) is 47.8 Å². The first-order valence-electron chi connectivity index (χ1n) is 7.24. The van der Waals surface area contributed by atoms with E-state index in [1.807, 2.05) is 46.7 Å². The fourth-order valence-electron chi connectivity index (χ4n) is 2.58. The van der Waals surface area contributed by atoms with Crippen LogP contribution in [0.1, 0.15) is 21.7 Å². The smallest absolute Gasteiger partial charge is 0.348 e. The average molecular weight is 315 g/mol. The minimum Gasteiger partial charge on any atom is -0.461 e. The molecule has 0 aliphatic carbocycles. The molecule has 2 aromatic rings. The second-order valence-corrected chi connectivity index (χ2v) is 6.35. The minimum atomic E-state index is -0.302. The van der Waals surface area contributed by atoms with E-state index in [-0.39, 0.29) is 17.8 Å². The highest BCUT2D eigenvalue weighted by molar-refractivity contribution is 7.11. The molecule has 0 spiro atoms. The molecule has 0 saturated carbocycles. The number of carbonyl (C=O) groups is 2. The van der Waals surface area contributed by atoms with E-state index in [1.165, 1.54) is 11.3 Å². The molecule has 1 saturated heterocycles. The lowest BCUT2D eigenvalue weighted by molar-refractivity contribution is -0.128. The zero-order valence-electron chi connectivity index (χ0n) is 12.1. The van der Waals surface area contributed by atoms with Crippen LogP contribution in [0.3, 0.4) is 0 Å². The van der Waals surface area contributed by atoms with E-state index < -0.39 is 0 Å². The summed E-state index contributed by atoms with van der Waals surface area (Å²) in [6.45, 7) is 1.56. The summed E-state index contributed by atoms with van der Waals surface area (Å²) in [6.07, 6.45) is 0.449. The number of nitrogens with zero attached hydrogens (tertiary/aromatic N) is 1. The summed E-state index contributed by atoms with van der Waals surface area (Å²) in [5.74, 6) is -0.0925. The Morgan fingerprint density at radius 1 is 1.23 bits per heavy atom. The van der Waals surface area contributed by atoms with Crippen LogP contribution >= 0.6 is 11.3 Å². The monoisotopic (exact) mass is 315 g/mol. The Morgan fingerprint density at radius 2 is 2.05 bits per heavy atom. The molecule has 0 bridgehead atoms. The lowest BCUT2D eigenvalue weighted by atomic mass is 10.1. The Bertz CT molecular complexity index is 639. The van der Waals surface area contributed by atoms with Crippen molar-refractivity contribution in [2.45, 2.75) is 13.0 Å². The van der Waals surface area contributed by atoms with Gasteiger partial charge < -0.3 is 9.64 Å². The highest BCUT2D eigenvalue weighted by Crippen LogP contribution is 2.21. The maximum atomic E-state index is 12.0. The second kappa shape index (κ2) is 6.75. The fourth-order valence-corrected chi connectivity index (χ4v) is 3.20. The van der Waals surface area contributed by atoms with Crippen LogP contribution in [0.2, 0.25) is 0 Å². The molecular weight excluding hydrogens is 298 g/mol. The largest absolute Gasteiger partial charge is 0.461 e. The van der Waals surface area contributed by atoms with Crippen molar-refractivity contribution in [3.8, 4) is 0 Å². The highest BCUT2D eigenvalue weighted by atomic mass is 32.1. The number of hydrogen-bond acceptors (Lipinski definition) is 4. The van der Waals surface area contributed by atoms with E-state index in [0.29, 0.717) is 31.0 Å². The Balaban J connectivity index is 1.50. The van der Waals surface area contributed by atoms with Crippen molar-refractivity contribution in [3.63, 3.8) is 0 Å². The van der Waals surface area contributed by atoms with Crippen LogP contribution < -0.4 is 0 Å². The number of benzene rings is 1. The molecule has 3 rings (SSSR count). The Labute approximate surface area is 133 Å². The minimum absolute atomic E-state index is 0.0834. The molecule has 0 unspecified atom stereocenters. The summed E-state index contributed by atoms with van der Waals surface area (Å²) < 4.78 is 5.31. The number of esters is 1. The van der Waals surface area contributed by atoms with Gasteiger partial charge in [-0.3, -0.25) is 4.79 Å². The van der Waals surface area contributed by atoms with E-state index in [1.54, 1.807) is 6.07 Å². The molecule has 0 radical (unpaired) electrons. The lowest BCUT2D eigenvalue weighted by Gasteiger charge is -2.16. The van der Waals surface area contributed by atoms with Crippen LogP contribution in [0.4, 0.5) is 0 Å². The van der Waals surface area contributed by atoms with Gasteiger partial charge in [0.1, 0.15) is 4.88 Å². The average Bonchev–Trinajstić information content (AvgIpc) is 3.17. The molecule has 1 aliphatic heterocycles. The molecule has 1 aliphatic rings. The maximum Gasteiger partial charge on any atom is 0.348 e. The van der Waals surface area contributed by atoms with Crippen molar-refractivity contribution in [2.75, 3.05) is 13.2 Å². The Hall–Kier alpha value is -2.14. The topological polar surface area (TPSA) is 46.6 Å². The van der Waals surface area contributed by atoms with Crippen LogP contribution in [0.5, 0.6) is 0 Å². The van der Waals surface area contributed by atoms with Crippen molar-refractivity contribution in [2.24, 2.45) is 5.92 Å². The van der Waals surface area contributed by atoms with Crippen molar-refractivity contribution < 1.29 is 14.3 Å². The normalized spacial score (nSPS) is 17.7. The Kier molecular flexibility index (Phi) is 4.53. The molecule has 1 aromatic carbocycles. The molecule has 1 atom stereocenters. The molecule has 114 valence electrons. The number of likely N-dealkylation sites (tertiary alicyclic amines) is 1. The standard InChI is InChI=1S/C17H17NO3S/c19-16-9-14(12-21-17(20)15-7-4-8-22-15)11-18(16)10-13-5-2-1-3-6-13/h1-8,14H,9-12H2/t14-/m1/s1. The first-order valence-corrected chi connectivity index (χ1v) is 8.12. The lowest BCUT2D eigenvalue weighted by Crippen LogP contribution is -2.25. The van der Waals surface area contributed by atoms with E-state index in [0.717, 1.165) is 5.56 Å². The predicted molar refractivity (Wildman–Crippen MR) is 84.6 cm³/mol. The van der Waals surface area contributed by atoms with Crippen molar-refractivity contribution in [3.05, 3.63) is 58.3 Å². The van der Waals surface area contributed by atoms with E-state index in [2.05, 4.69) is 0 Å². The van der Waals surface area contributed by atoms with Gasteiger partial charge in [0.05, 0.1) is 6.61 Å². The summed E-state index contributed by atoms with van der Waals surface area (Å²) >= 11 is 1.36. The molecule has 2 heterocycles. The van der Waals surface area contributed by atoms with Crippen LogP contribution in [-0.2, 0) is 16.1 Å². The summed E-state index contributed by atoms with van der Waals surface area (Å²) in [6, 6.07) is 13.5. The third kappa shape index (κ3) is 3.54. The Morgan fingerprint density at radius 3 is 2.77 bits per heavy atom. The third-order valence-corrected chi connectivity index (χ3v) is 4.53. The molecule has 0 N–H and O–H groups in total. The summed E-state index contributed by atoms with van der Waals surface area (Å²) in [7, 11) is 0. The van der Waals surface area contributed by atoms with Gasteiger partial charge in [-0.25, -0.2) is 4.79 Å². The molecule has 5 heteroatoms. The van der Waals surface area contributed by atoms with E-state index in [9.17, 15) is 9.59 Å². The first kappa shape index (κ1) is 14.8. The summed E-state index contributed by atoms with van der Waals surface area (Å²) in [4.78, 5) is 26.3. The maximum absolute atomic E-state index is 12.0. The highest BCUT2D eigenvalue weighted by Gasteiger charge is 2.30. The van der Waals surface area contributed by atoms with Gasteiger partial charge in [0.2, 0.25) is 5.91 Å². The van der Waals surface area contributed by atoms with Gasteiger partial charge in [-0.05, 0) is 17.0 Å². The quantitative estimate of drug-likeness (QED) is 0.797. The molecule has 4 nitrogen and oxygen atoms in total. The molecule has 1 aromatic heterocycles. The molecule has 1 fully saturated rings.